The fraction of sp³-hybridized carbons (Fsp3) is 0.300. The third kappa shape index (κ3) is 6.77. The molecule has 26 heavy (non-hydrogen) atoms. The van der Waals surface area contributed by atoms with Gasteiger partial charge >= 0.3 is 5.97 Å². The molecule has 138 valence electrons. The Balaban J connectivity index is 1.88. The lowest BCUT2D eigenvalue weighted by atomic mass is 10.00. The molecule has 2 atom stereocenters. The van der Waals surface area contributed by atoms with Gasteiger partial charge in [0.2, 0.25) is 5.91 Å². The van der Waals surface area contributed by atoms with E-state index in [1.54, 1.807) is 0 Å². The minimum Gasteiger partial charge on any atom is -0.480 e. The van der Waals surface area contributed by atoms with Crippen molar-refractivity contribution >= 4 is 36.3 Å². The first kappa shape index (κ1) is 20.4. The van der Waals surface area contributed by atoms with Gasteiger partial charge in [-0.1, -0.05) is 60.7 Å². The molecule has 2 aromatic carbocycles. The summed E-state index contributed by atoms with van der Waals surface area (Å²) in [7, 11) is 0. The average molecular weight is 390 g/mol. The van der Waals surface area contributed by atoms with Crippen molar-refractivity contribution in [2.75, 3.05) is 11.5 Å². The standard InChI is InChI=1S/C20H23NO3S2/c22-19(17(12-25)11-15-7-3-1-4-8-15)21-18(20(23)24)14-26-13-16-9-5-2-6-10-16/h1-10,17-18,25H,11-14H2,(H,21,22)(H,23,24)/t17-,18-/m1/s1. The van der Waals surface area contributed by atoms with Gasteiger partial charge in [0, 0.05) is 17.3 Å². The molecule has 2 aromatic rings. The topological polar surface area (TPSA) is 66.4 Å². The van der Waals surface area contributed by atoms with Crippen molar-refractivity contribution < 1.29 is 14.7 Å². The molecule has 0 heterocycles. The summed E-state index contributed by atoms with van der Waals surface area (Å²) in [6.45, 7) is 0. The van der Waals surface area contributed by atoms with Crippen LogP contribution in [0.5, 0.6) is 0 Å². The van der Waals surface area contributed by atoms with Crippen molar-refractivity contribution in [3.8, 4) is 0 Å². The number of aliphatic carboxylic acids is 1. The Morgan fingerprint density at radius 1 is 1.00 bits per heavy atom. The summed E-state index contributed by atoms with van der Waals surface area (Å²) in [4.78, 5) is 24.0. The van der Waals surface area contributed by atoms with Crippen molar-refractivity contribution in [2.45, 2.75) is 18.2 Å². The number of carboxylic acid groups (broad SMARTS) is 1. The zero-order valence-corrected chi connectivity index (χ0v) is 16.1. The van der Waals surface area contributed by atoms with Crippen LogP contribution < -0.4 is 5.32 Å². The Kier molecular flexibility index (Phi) is 8.58. The summed E-state index contributed by atoms with van der Waals surface area (Å²) in [6.07, 6.45) is 0.541. The number of rotatable bonds is 10. The molecule has 0 fully saturated rings. The van der Waals surface area contributed by atoms with Crippen LogP contribution in [0.2, 0.25) is 0 Å². The van der Waals surface area contributed by atoms with Gasteiger partial charge in [-0.25, -0.2) is 4.79 Å². The number of nitrogens with one attached hydrogen (secondary N) is 1. The molecule has 0 aliphatic heterocycles. The molecule has 6 heteroatoms. The zero-order chi connectivity index (χ0) is 18.8. The van der Waals surface area contributed by atoms with E-state index in [-0.39, 0.29) is 11.8 Å². The summed E-state index contributed by atoms with van der Waals surface area (Å²) >= 11 is 5.76. The molecule has 0 radical (unpaired) electrons. The molecular formula is C20H23NO3S2. The Morgan fingerprint density at radius 3 is 2.12 bits per heavy atom. The Hall–Kier alpha value is -1.92. The van der Waals surface area contributed by atoms with Gasteiger partial charge in [-0.3, -0.25) is 4.79 Å². The van der Waals surface area contributed by atoms with Gasteiger partial charge in [0.15, 0.2) is 0 Å². The first-order valence-electron chi connectivity index (χ1n) is 8.39. The van der Waals surface area contributed by atoms with Crippen molar-refractivity contribution in [1.29, 1.82) is 0 Å². The van der Waals surface area contributed by atoms with E-state index in [9.17, 15) is 14.7 Å². The van der Waals surface area contributed by atoms with Crippen LogP contribution in [0.15, 0.2) is 60.7 Å². The highest BCUT2D eigenvalue weighted by Gasteiger charge is 2.24. The molecule has 2 rings (SSSR count). The smallest absolute Gasteiger partial charge is 0.327 e. The molecule has 1 amide bonds. The van der Waals surface area contributed by atoms with Gasteiger partial charge in [-0.05, 0) is 17.5 Å². The lowest BCUT2D eigenvalue weighted by molar-refractivity contribution is -0.141. The summed E-state index contributed by atoms with van der Waals surface area (Å²) in [5.74, 6) is -0.250. The number of carboxylic acids is 1. The van der Waals surface area contributed by atoms with Crippen LogP contribution in [0.1, 0.15) is 11.1 Å². The second kappa shape index (κ2) is 10.9. The van der Waals surface area contributed by atoms with Crippen LogP contribution in [0.4, 0.5) is 0 Å². The van der Waals surface area contributed by atoms with Gasteiger partial charge in [0.05, 0.1) is 5.92 Å². The average Bonchev–Trinajstić information content (AvgIpc) is 2.66. The molecule has 4 nitrogen and oxygen atoms in total. The second-order valence-corrected chi connectivity index (χ2v) is 7.36. The molecule has 2 N–H and O–H groups in total. The lowest BCUT2D eigenvalue weighted by Crippen LogP contribution is -2.46. The number of amides is 1. The van der Waals surface area contributed by atoms with Crippen molar-refractivity contribution in [3.63, 3.8) is 0 Å². The Labute approximate surface area is 163 Å². The van der Waals surface area contributed by atoms with Crippen molar-refractivity contribution in [1.82, 2.24) is 5.32 Å². The van der Waals surface area contributed by atoms with E-state index in [0.29, 0.717) is 23.7 Å². The van der Waals surface area contributed by atoms with Crippen LogP contribution in [0.3, 0.4) is 0 Å². The molecule has 0 aliphatic carbocycles. The third-order valence-electron chi connectivity index (χ3n) is 3.93. The van der Waals surface area contributed by atoms with Crippen molar-refractivity contribution in [2.24, 2.45) is 5.92 Å². The van der Waals surface area contributed by atoms with E-state index in [2.05, 4.69) is 17.9 Å². The highest BCUT2D eigenvalue weighted by Crippen LogP contribution is 2.15. The molecule has 0 saturated carbocycles. The molecular weight excluding hydrogens is 366 g/mol. The second-order valence-electron chi connectivity index (χ2n) is 5.97. The highest BCUT2D eigenvalue weighted by molar-refractivity contribution is 7.98. The molecule has 0 unspecified atom stereocenters. The predicted octanol–water partition coefficient (Wildman–Crippen LogP) is 3.28. The summed E-state index contributed by atoms with van der Waals surface area (Å²) in [6, 6.07) is 18.6. The summed E-state index contributed by atoms with van der Waals surface area (Å²) < 4.78 is 0. The van der Waals surface area contributed by atoms with Gasteiger partial charge in [-0.2, -0.15) is 24.4 Å². The lowest BCUT2D eigenvalue weighted by Gasteiger charge is -2.19. The van der Waals surface area contributed by atoms with Crippen molar-refractivity contribution in [3.05, 3.63) is 71.8 Å². The van der Waals surface area contributed by atoms with Gasteiger partial charge in [0.25, 0.3) is 0 Å². The number of hydrogen-bond acceptors (Lipinski definition) is 4. The maximum atomic E-state index is 12.5. The first-order chi connectivity index (χ1) is 12.6. The summed E-state index contributed by atoms with van der Waals surface area (Å²) in [5, 5.41) is 12.1. The van der Waals surface area contributed by atoms with Crippen LogP contribution in [-0.4, -0.2) is 34.5 Å². The molecule has 0 aromatic heterocycles. The maximum Gasteiger partial charge on any atom is 0.327 e. The molecule has 0 saturated heterocycles. The molecule has 0 spiro atoms. The van der Waals surface area contributed by atoms with Crippen LogP contribution in [0.25, 0.3) is 0 Å². The van der Waals surface area contributed by atoms with E-state index < -0.39 is 12.0 Å². The largest absolute Gasteiger partial charge is 0.480 e. The van der Waals surface area contributed by atoms with E-state index in [0.717, 1.165) is 11.1 Å². The fourth-order valence-electron chi connectivity index (χ4n) is 2.47. The minimum atomic E-state index is -1.02. The number of thioether (sulfide) groups is 1. The van der Waals surface area contributed by atoms with E-state index >= 15 is 0 Å². The van der Waals surface area contributed by atoms with E-state index in [1.807, 2.05) is 60.7 Å². The van der Waals surface area contributed by atoms with Crippen LogP contribution >= 0.6 is 24.4 Å². The van der Waals surface area contributed by atoms with E-state index in [4.69, 9.17) is 0 Å². The van der Waals surface area contributed by atoms with Gasteiger partial charge in [0.1, 0.15) is 6.04 Å². The van der Waals surface area contributed by atoms with Crippen LogP contribution in [0, 0.1) is 5.92 Å². The number of hydrogen-bond donors (Lipinski definition) is 3. The first-order valence-corrected chi connectivity index (χ1v) is 10.2. The third-order valence-corrected chi connectivity index (χ3v) is 5.47. The number of carbonyl (C=O) groups is 2. The van der Waals surface area contributed by atoms with Crippen LogP contribution in [-0.2, 0) is 21.8 Å². The zero-order valence-electron chi connectivity index (χ0n) is 14.4. The summed E-state index contributed by atoms with van der Waals surface area (Å²) in [5.41, 5.74) is 2.16. The normalized spacial score (nSPS) is 13.0. The van der Waals surface area contributed by atoms with E-state index in [1.165, 1.54) is 11.8 Å². The predicted molar refractivity (Wildman–Crippen MR) is 110 cm³/mol. The number of thiol groups is 1. The van der Waals surface area contributed by atoms with Gasteiger partial charge < -0.3 is 10.4 Å². The molecule has 0 bridgehead atoms. The minimum absolute atomic E-state index is 0.267. The number of carbonyl (C=O) groups excluding carboxylic acids is 1. The molecule has 0 aliphatic rings. The highest BCUT2D eigenvalue weighted by atomic mass is 32.2. The monoisotopic (exact) mass is 389 g/mol. The maximum absolute atomic E-state index is 12.5. The quantitative estimate of drug-likeness (QED) is 0.546. The fourth-order valence-corrected chi connectivity index (χ4v) is 3.77. The number of benzene rings is 2. The van der Waals surface area contributed by atoms with Gasteiger partial charge in [-0.15, -0.1) is 0 Å². The Bertz CT molecular complexity index is 695. The SMILES string of the molecule is O=C(N[C@H](CSCc1ccccc1)C(=O)O)[C@@H](CS)Cc1ccccc1. The Morgan fingerprint density at radius 2 is 1.58 bits per heavy atom.